The summed E-state index contributed by atoms with van der Waals surface area (Å²) in [6.07, 6.45) is -0.914. The predicted molar refractivity (Wildman–Crippen MR) is 49.2 cm³/mol. The van der Waals surface area contributed by atoms with Crippen LogP contribution in [0.5, 0.6) is 0 Å². The van der Waals surface area contributed by atoms with Crippen molar-refractivity contribution < 1.29 is 29.0 Å². The SMILES string of the molecule is COC(=O)OCO/N=N\N(C)[C@@H](C)C(=O)O. The summed E-state index contributed by atoms with van der Waals surface area (Å²) in [5.41, 5.74) is 0. The van der Waals surface area contributed by atoms with Crippen molar-refractivity contribution in [2.75, 3.05) is 21.0 Å². The number of carboxylic acids is 1. The van der Waals surface area contributed by atoms with Gasteiger partial charge in [-0.15, -0.1) is 0 Å². The highest BCUT2D eigenvalue weighted by atomic mass is 16.8. The number of aliphatic carboxylic acids is 1. The maximum Gasteiger partial charge on any atom is 0.510 e. The summed E-state index contributed by atoms with van der Waals surface area (Å²) in [5, 5.41) is 16.2. The summed E-state index contributed by atoms with van der Waals surface area (Å²) in [7, 11) is 2.55. The molecule has 0 aliphatic heterocycles. The Morgan fingerprint density at radius 1 is 1.50 bits per heavy atom. The average Bonchev–Trinajstić information content (AvgIpc) is 2.26. The van der Waals surface area contributed by atoms with Gasteiger partial charge in [-0.05, 0) is 12.1 Å². The van der Waals surface area contributed by atoms with Crippen LogP contribution in [-0.2, 0) is 19.1 Å². The van der Waals surface area contributed by atoms with Gasteiger partial charge in [0.05, 0.1) is 7.11 Å². The standard InChI is InChI=1S/C7H13N3O6/c1-5(6(11)12)10(2)8-9-16-4-15-7(13)14-3/h5H,4H2,1-3H3,(H,11,12)/b9-8-/t5-/m0/s1. The van der Waals surface area contributed by atoms with Crippen LogP contribution in [0.25, 0.3) is 0 Å². The second kappa shape index (κ2) is 7.26. The fourth-order valence-electron chi connectivity index (χ4n) is 0.478. The van der Waals surface area contributed by atoms with Gasteiger partial charge in [0.15, 0.2) is 0 Å². The summed E-state index contributed by atoms with van der Waals surface area (Å²) in [6, 6.07) is -0.839. The van der Waals surface area contributed by atoms with E-state index in [4.69, 9.17) is 5.11 Å². The highest BCUT2D eigenvalue weighted by Gasteiger charge is 2.15. The molecule has 0 aromatic carbocycles. The highest BCUT2D eigenvalue weighted by Crippen LogP contribution is 1.97. The van der Waals surface area contributed by atoms with Crippen LogP contribution in [0.2, 0.25) is 0 Å². The van der Waals surface area contributed by atoms with Crippen LogP contribution in [0, 0.1) is 0 Å². The molecule has 0 aromatic heterocycles. The van der Waals surface area contributed by atoms with Crippen molar-refractivity contribution in [3.8, 4) is 0 Å². The lowest BCUT2D eigenvalue weighted by atomic mass is 10.3. The Balaban J connectivity index is 3.76. The summed E-state index contributed by atoms with van der Waals surface area (Å²) in [5.74, 6) is -1.05. The zero-order valence-corrected chi connectivity index (χ0v) is 9.11. The number of nitrogens with zero attached hydrogens (tertiary/aromatic N) is 3. The van der Waals surface area contributed by atoms with Crippen LogP contribution >= 0.6 is 0 Å². The Hall–Kier alpha value is -2.06. The Bertz CT molecular complexity index is 269. The van der Waals surface area contributed by atoms with E-state index in [2.05, 4.69) is 24.8 Å². The van der Waals surface area contributed by atoms with Crippen LogP contribution in [0.1, 0.15) is 6.92 Å². The molecular formula is C7H13N3O6. The molecule has 0 aliphatic carbocycles. The van der Waals surface area contributed by atoms with Crippen molar-refractivity contribution in [3.05, 3.63) is 0 Å². The number of hydrogen-bond acceptors (Lipinski definition) is 7. The third-order valence-corrected chi connectivity index (χ3v) is 1.55. The normalized spacial score (nSPS) is 11.9. The van der Waals surface area contributed by atoms with E-state index in [-0.39, 0.29) is 0 Å². The highest BCUT2D eigenvalue weighted by molar-refractivity contribution is 5.72. The first kappa shape index (κ1) is 13.9. The largest absolute Gasteiger partial charge is 0.510 e. The summed E-state index contributed by atoms with van der Waals surface area (Å²) in [4.78, 5) is 25.3. The van der Waals surface area contributed by atoms with Crippen LogP contribution in [0.4, 0.5) is 4.79 Å². The van der Waals surface area contributed by atoms with E-state index in [1.54, 1.807) is 0 Å². The zero-order valence-electron chi connectivity index (χ0n) is 9.11. The summed E-state index contributed by atoms with van der Waals surface area (Å²) in [6.45, 7) is 0.956. The molecule has 92 valence electrons. The molecule has 1 atom stereocenters. The fourth-order valence-corrected chi connectivity index (χ4v) is 0.478. The van der Waals surface area contributed by atoms with E-state index in [1.807, 2.05) is 0 Å². The zero-order chi connectivity index (χ0) is 12.6. The molecule has 0 heterocycles. The number of carbonyl (C=O) groups is 2. The van der Waals surface area contributed by atoms with Crippen molar-refractivity contribution in [2.45, 2.75) is 13.0 Å². The van der Waals surface area contributed by atoms with E-state index in [1.165, 1.54) is 14.0 Å². The number of hydrogen-bond donors (Lipinski definition) is 1. The minimum absolute atomic E-state index is 0.467. The van der Waals surface area contributed by atoms with Crippen LogP contribution < -0.4 is 0 Å². The molecule has 0 amide bonds. The molecule has 0 aromatic rings. The van der Waals surface area contributed by atoms with Gasteiger partial charge >= 0.3 is 12.1 Å². The van der Waals surface area contributed by atoms with Gasteiger partial charge < -0.3 is 19.4 Å². The molecule has 16 heavy (non-hydrogen) atoms. The van der Waals surface area contributed by atoms with Crippen LogP contribution in [0.3, 0.4) is 0 Å². The molecule has 0 aliphatic rings. The monoisotopic (exact) mass is 235 g/mol. The van der Waals surface area contributed by atoms with Gasteiger partial charge in [-0.25, -0.2) is 9.59 Å². The molecule has 0 fully saturated rings. The minimum atomic E-state index is -1.05. The molecule has 0 saturated carbocycles. The molecule has 9 heteroatoms. The molecule has 0 rings (SSSR count). The molecule has 0 radical (unpaired) electrons. The van der Waals surface area contributed by atoms with Gasteiger partial charge in [-0.3, -0.25) is 5.01 Å². The molecule has 0 bridgehead atoms. The van der Waals surface area contributed by atoms with E-state index in [0.717, 1.165) is 12.1 Å². The van der Waals surface area contributed by atoms with Crippen molar-refractivity contribution in [1.82, 2.24) is 5.01 Å². The number of carbonyl (C=O) groups excluding carboxylic acids is 1. The van der Waals surface area contributed by atoms with Crippen LogP contribution in [-0.4, -0.2) is 49.2 Å². The smallest absolute Gasteiger partial charge is 0.480 e. The Labute approximate surface area is 91.5 Å². The van der Waals surface area contributed by atoms with Gasteiger partial charge in [0.2, 0.25) is 0 Å². The summed E-state index contributed by atoms with van der Waals surface area (Å²) >= 11 is 0. The topological polar surface area (TPSA) is 110 Å². The van der Waals surface area contributed by atoms with Gasteiger partial charge in [-0.1, -0.05) is 0 Å². The molecular weight excluding hydrogens is 222 g/mol. The van der Waals surface area contributed by atoms with Crippen molar-refractivity contribution >= 4 is 12.1 Å². The molecule has 9 nitrogen and oxygen atoms in total. The molecule has 0 saturated heterocycles. The first-order valence-corrected chi connectivity index (χ1v) is 4.18. The number of carboxylic acid groups (broad SMARTS) is 1. The second-order valence-electron chi connectivity index (χ2n) is 2.60. The molecule has 0 spiro atoms. The lowest BCUT2D eigenvalue weighted by Crippen LogP contribution is -2.31. The Kier molecular flexibility index (Phi) is 6.33. The lowest BCUT2D eigenvalue weighted by molar-refractivity contribution is -0.142. The Morgan fingerprint density at radius 2 is 2.12 bits per heavy atom. The lowest BCUT2D eigenvalue weighted by Gasteiger charge is -2.14. The van der Waals surface area contributed by atoms with Gasteiger partial charge in [0.1, 0.15) is 6.04 Å². The first-order valence-electron chi connectivity index (χ1n) is 4.18. The molecule has 1 N–H and O–H groups in total. The maximum absolute atomic E-state index is 10.5. The quantitative estimate of drug-likeness (QED) is 0.233. The maximum atomic E-state index is 10.5. The van der Waals surface area contributed by atoms with Gasteiger partial charge in [0, 0.05) is 12.3 Å². The van der Waals surface area contributed by atoms with Crippen LogP contribution in [0.15, 0.2) is 10.5 Å². The Morgan fingerprint density at radius 3 is 2.62 bits per heavy atom. The summed E-state index contributed by atoms with van der Waals surface area (Å²) < 4.78 is 8.45. The fraction of sp³-hybridized carbons (Fsp3) is 0.714. The third-order valence-electron chi connectivity index (χ3n) is 1.55. The van der Waals surface area contributed by atoms with E-state index < -0.39 is 25.0 Å². The van der Waals surface area contributed by atoms with E-state index in [0.29, 0.717) is 0 Å². The molecule has 0 unspecified atom stereocenters. The minimum Gasteiger partial charge on any atom is -0.480 e. The van der Waals surface area contributed by atoms with Gasteiger partial charge in [0.25, 0.3) is 6.79 Å². The average molecular weight is 235 g/mol. The third kappa shape index (κ3) is 5.62. The van der Waals surface area contributed by atoms with Crippen molar-refractivity contribution in [2.24, 2.45) is 10.5 Å². The van der Waals surface area contributed by atoms with Gasteiger partial charge in [-0.2, -0.15) is 0 Å². The number of likely N-dealkylation sites (N-methyl/N-ethyl adjacent to an activating group) is 1. The van der Waals surface area contributed by atoms with Crippen molar-refractivity contribution in [1.29, 1.82) is 0 Å². The van der Waals surface area contributed by atoms with E-state index in [9.17, 15) is 9.59 Å². The number of ether oxygens (including phenoxy) is 2. The van der Waals surface area contributed by atoms with E-state index >= 15 is 0 Å². The number of methoxy groups -OCH3 is 1. The van der Waals surface area contributed by atoms with Crippen molar-refractivity contribution in [3.63, 3.8) is 0 Å². The second-order valence-corrected chi connectivity index (χ2v) is 2.60. The predicted octanol–water partition coefficient (Wildman–Crippen LogP) is 0.431. The first-order chi connectivity index (χ1) is 7.49. The number of rotatable bonds is 6.